The summed E-state index contributed by atoms with van der Waals surface area (Å²) in [6.45, 7) is 0.664. The Labute approximate surface area is 79.6 Å². The fourth-order valence-electron chi connectivity index (χ4n) is 0.855. The first-order chi connectivity index (χ1) is 5.86. The summed E-state index contributed by atoms with van der Waals surface area (Å²) >= 11 is 2.59. The third kappa shape index (κ3) is 2.63. The molecule has 3 heteroatoms. The normalized spacial score (nSPS) is 8.75. The Kier molecular flexibility index (Phi) is 3.75. The van der Waals surface area contributed by atoms with Crippen LogP contribution >= 0.6 is 0 Å². The number of ether oxygens (including phenoxy) is 1. The van der Waals surface area contributed by atoms with Crippen molar-refractivity contribution in [1.82, 2.24) is 0 Å². The Morgan fingerprint density at radius 1 is 1.42 bits per heavy atom. The van der Waals surface area contributed by atoms with E-state index in [4.69, 9.17) is 4.74 Å². The minimum atomic E-state index is 0.664. The van der Waals surface area contributed by atoms with Gasteiger partial charge in [-0.25, -0.2) is 0 Å². The number of hydrogen-bond acceptors (Lipinski definition) is 2. The molecule has 0 fully saturated rings. The summed E-state index contributed by atoms with van der Waals surface area (Å²) in [6.07, 6.45) is 0. The molecule has 12 heavy (non-hydrogen) atoms. The zero-order valence-electron chi connectivity index (χ0n) is 6.78. The molecule has 0 heterocycles. The molecular formula is C9H9NOSe. The van der Waals surface area contributed by atoms with E-state index in [0.717, 1.165) is 11.3 Å². The molecule has 2 nitrogen and oxygen atoms in total. The van der Waals surface area contributed by atoms with E-state index in [1.54, 1.807) is 7.11 Å². The van der Waals surface area contributed by atoms with Crippen molar-refractivity contribution in [2.45, 2.75) is 6.54 Å². The Morgan fingerprint density at radius 3 is 2.58 bits per heavy atom. The predicted molar refractivity (Wildman–Crippen MR) is 49.9 cm³/mol. The summed E-state index contributed by atoms with van der Waals surface area (Å²) in [5.41, 5.74) is 1.15. The van der Waals surface area contributed by atoms with Gasteiger partial charge in [0, 0.05) is 0 Å². The van der Waals surface area contributed by atoms with Gasteiger partial charge in [-0.3, -0.25) is 0 Å². The van der Waals surface area contributed by atoms with E-state index in [1.165, 1.54) is 0 Å². The average molecular weight is 226 g/mol. The van der Waals surface area contributed by atoms with Crippen LogP contribution in [0.5, 0.6) is 5.75 Å². The Hall–Kier alpha value is -0.881. The first-order valence-corrected chi connectivity index (χ1v) is 4.39. The van der Waals surface area contributed by atoms with Crippen LogP contribution in [0.25, 0.3) is 0 Å². The molecule has 0 aliphatic rings. The van der Waals surface area contributed by atoms with E-state index in [9.17, 15) is 0 Å². The van der Waals surface area contributed by atoms with Gasteiger partial charge in [0.2, 0.25) is 0 Å². The van der Waals surface area contributed by atoms with Gasteiger partial charge in [0.15, 0.2) is 0 Å². The van der Waals surface area contributed by atoms with E-state index in [1.807, 2.05) is 24.3 Å². The standard InChI is InChI=1S/C9H9NOSe/c1-11-9-4-2-8(3-5-9)6-10-7-12/h2-5H,6H2,1H3. The Morgan fingerprint density at radius 2 is 2.08 bits per heavy atom. The number of aliphatic imine (C=N–C) groups is 1. The zero-order valence-corrected chi connectivity index (χ0v) is 8.49. The van der Waals surface area contributed by atoms with Crippen LogP contribution < -0.4 is 4.74 Å². The summed E-state index contributed by atoms with van der Waals surface area (Å²) in [7, 11) is 1.65. The maximum atomic E-state index is 5.02. The predicted octanol–water partition coefficient (Wildman–Crippen LogP) is 1.27. The summed E-state index contributed by atoms with van der Waals surface area (Å²) in [5.74, 6) is 0.870. The monoisotopic (exact) mass is 227 g/mol. The van der Waals surface area contributed by atoms with Crippen LogP contribution in [0.2, 0.25) is 0 Å². The van der Waals surface area contributed by atoms with Crippen molar-refractivity contribution in [3.63, 3.8) is 0 Å². The molecular weight excluding hydrogens is 217 g/mol. The third-order valence-electron chi connectivity index (χ3n) is 1.49. The number of rotatable bonds is 3. The van der Waals surface area contributed by atoms with Crippen LogP contribution in [0.1, 0.15) is 5.56 Å². The van der Waals surface area contributed by atoms with Crippen LogP contribution in [0, 0.1) is 0 Å². The fourth-order valence-corrected chi connectivity index (χ4v) is 0.990. The van der Waals surface area contributed by atoms with Gasteiger partial charge in [0.25, 0.3) is 0 Å². The van der Waals surface area contributed by atoms with Crippen LogP contribution in [0.4, 0.5) is 0 Å². The first-order valence-electron chi connectivity index (χ1n) is 3.53. The maximum absolute atomic E-state index is 5.02. The SMILES string of the molecule is COc1ccc(CN=C=[Se])cc1. The second-order valence-corrected chi connectivity index (χ2v) is 2.64. The fraction of sp³-hybridized carbons (Fsp3) is 0.222. The number of nitrogens with zero attached hydrogens (tertiary/aromatic N) is 1. The van der Waals surface area contributed by atoms with Gasteiger partial charge in [-0.2, -0.15) is 0 Å². The Bertz CT molecular complexity index is 288. The molecule has 0 aliphatic carbocycles. The van der Waals surface area contributed by atoms with Crippen molar-refractivity contribution in [1.29, 1.82) is 0 Å². The molecule has 1 aromatic carbocycles. The van der Waals surface area contributed by atoms with Gasteiger partial charge in [-0.05, 0) is 0 Å². The van der Waals surface area contributed by atoms with Gasteiger partial charge in [0.05, 0.1) is 0 Å². The van der Waals surface area contributed by atoms with Crippen molar-refractivity contribution in [3.8, 4) is 5.75 Å². The van der Waals surface area contributed by atoms with Gasteiger partial charge < -0.3 is 0 Å². The van der Waals surface area contributed by atoms with Crippen molar-refractivity contribution in [3.05, 3.63) is 29.8 Å². The van der Waals surface area contributed by atoms with Crippen molar-refractivity contribution in [2.75, 3.05) is 7.11 Å². The second-order valence-electron chi connectivity index (χ2n) is 2.26. The van der Waals surface area contributed by atoms with Gasteiger partial charge in [-0.1, -0.05) is 0 Å². The molecule has 0 unspecified atom stereocenters. The van der Waals surface area contributed by atoms with E-state index in [2.05, 4.69) is 25.3 Å². The van der Waals surface area contributed by atoms with E-state index in [0.29, 0.717) is 6.54 Å². The minimum absolute atomic E-state index is 0.664. The molecule has 0 amide bonds. The van der Waals surface area contributed by atoms with E-state index >= 15 is 0 Å². The summed E-state index contributed by atoms with van der Waals surface area (Å²) < 4.78 is 7.63. The first kappa shape index (κ1) is 9.21. The summed E-state index contributed by atoms with van der Waals surface area (Å²) in [6, 6.07) is 7.81. The molecule has 0 saturated carbocycles. The van der Waals surface area contributed by atoms with Crippen molar-refractivity contribution < 1.29 is 4.74 Å². The summed E-state index contributed by atoms with van der Waals surface area (Å²) in [4.78, 5) is 3.95. The quantitative estimate of drug-likeness (QED) is 0.561. The van der Waals surface area contributed by atoms with E-state index in [-0.39, 0.29) is 0 Å². The number of benzene rings is 1. The molecule has 0 atom stereocenters. The van der Waals surface area contributed by atoms with Crippen LogP contribution in [-0.2, 0) is 6.54 Å². The molecule has 0 saturated heterocycles. The third-order valence-corrected chi connectivity index (χ3v) is 1.76. The number of methoxy groups -OCH3 is 1. The molecule has 0 aromatic heterocycles. The molecule has 1 aromatic rings. The molecule has 0 radical (unpaired) electrons. The Balaban J connectivity index is 2.70. The summed E-state index contributed by atoms with van der Waals surface area (Å²) in [5, 5.41) is 0. The topological polar surface area (TPSA) is 21.6 Å². The van der Waals surface area contributed by atoms with Crippen LogP contribution in [0.3, 0.4) is 0 Å². The molecule has 0 N–H and O–H groups in total. The number of hydrogen-bond donors (Lipinski definition) is 0. The molecule has 62 valence electrons. The van der Waals surface area contributed by atoms with Gasteiger partial charge in [0.1, 0.15) is 0 Å². The molecule has 0 bridgehead atoms. The van der Waals surface area contributed by atoms with Crippen LogP contribution in [-0.4, -0.2) is 27.4 Å². The van der Waals surface area contributed by atoms with Crippen molar-refractivity contribution in [2.24, 2.45) is 4.99 Å². The zero-order chi connectivity index (χ0) is 8.81. The molecule has 1 rings (SSSR count). The average Bonchev–Trinajstić information content (AvgIpc) is 2.15. The van der Waals surface area contributed by atoms with Crippen LogP contribution in [0.15, 0.2) is 29.3 Å². The van der Waals surface area contributed by atoms with Crippen molar-refractivity contribution >= 4 is 20.3 Å². The van der Waals surface area contributed by atoms with Gasteiger partial charge in [-0.15, -0.1) is 0 Å². The molecule has 0 aliphatic heterocycles. The van der Waals surface area contributed by atoms with Gasteiger partial charge >= 0.3 is 79.3 Å². The van der Waals surface area contributed by atoms with E-state index < -0.39 is 0 Å². The molecule has 0 spiro atoms. The second kappa shape index (κ2) is 4.89.